The Morgan fingerprint density at radius 1 is 1.22 bits per heavy atom. The Labute approximate surface area is 133 Å². The molecule has 1 atom stereocenters. The van der Waals surface area contributed by atoms with Crippen LogP contribution in [0.1, 0.15) is 40.9 Å². The molecule has 0 aromatic carbocycles. The third-order valence-corrected chi connectivity index (χ3v) is 4.15. The van der Waals surface area contributed by atoms with Gasteiger partial charge in [-0.2, -0.15) is 0 Å². The highest BCUT2D eigenvalue weighted by atomic mass is 16.2. The fraction of sp³-hybridized carbons (Fsp3) is 0.312. The highest BCUT2D eigenvalue weighted by molar-refractivity contribution is 5.92. The van der Waals surface area contributed by atoms with Gasteiger partial charge in [-0.1, -0.05) is 6.07 Å². The third-order valence-electron chi connectivity index (χ3n) is 4.15. The van der Waals surface area contributed by atoms with E-state index in [1.165, 1.54) is 6.20 Å². The molecule has 1 aliphatic rings. The minimum Gasteiger partial charge on any atom is -0.327 e. The Balaban J connectivity index is 1.69. The van der Waals surface area contributed by atoms with Gasteiger partial charge in [-0.3, -0.25) is 14.2 Å². The van der Waals surface area contributed by atoms with Crippen LogP contribution < -0.4 is 0 Å². The molecule has 0 aliphatic carbocycles. The van der Waals surface area contributed by atoms with Gasteiger partial charge in [0.25, 0.3) is 5.91 Å². The maximum atomic E-state index is 12.8. The number of amides is 1. The largest absolute Gasteiger partial charge is 0.327 e. The lowest BCUT2D eigenvalue weighted by Gasteiger charge is -2.23. The Morgan fingerprint density at radius 3 is 2.96 bits per heavy atom. The van der Waals surface area contributed by atoms with Crippen LogP contribution in [0.15, 0.2) is 36.8 Å². The second kappa shape index (κ2) is 5.42. The van der Waals surface area contributed by atoms with Gasteiger partial charge in [-0.15, -0.1) is 10.2 Å². The van der Waals surface area contributed by atoms with E-state index >= 15 is 0 Å². The lowest BCUT2D eigenvalue weighted by molar-refractivity contribution is 0.0722. The molecule has 3 aromatic heterocycles. The van der Waals surface area contributed by atoms with Crippen molar-refractivity contribution in [2.45, 2.75) is 25.8 Å². The first-order chi connectivity index (χ1) is 11.2. The minimum atomic E-state index is -0.104. The number of aryl methyl sites for hydroxylation is 1. The second-order valence-corrected chi connectivity index (χ2v) is 5.69. The van der Waals surface area contributed by atoms with Crippen molar-refractivity contribution in [3.63, 3.8) is 0 Å². The smallest absolute Gasteiger partial charge is 0.274 e. The Kier molecular flexibility index (Phi) is 3.25. The van der Waals surface area contributed by atoms with Crippen molar-refractivity contribution in [3.05, 3.63) is 54.0 Å². The zero-order valence-corrected chi connectivity index (χ0v) is 12.8. The first-order valence-corrected chi connectivity index (χ1v) is 7.63. The fourth-order valence-electron chi connectivity index (χ4n) is 3.02. The molecule has 0 N–H and O–H groups in total. The average Bonchev–Trinajstić information content (AvgIpc) is 3.21. The molecular weight excluding hydrogens is 292 g/mol. The molecule has 0 bridgehead atoms. The predicted molar refractivity (Wildman–Crippen MR) is 82.8 cm³/mol. The first kappa shape index (κ1) is 13.8. The maximum absolute atomic E-state index is 12.8. The van der Waals surface area contributed by atoms with Crippen molar-refractivity contribution in [2.75, 3.05) is 6.54 Å². The molecule has 4 heterocycles. The third kappa shape index (κ3) is 2.34. The molecule has 3 aromatic rings. The number of rotatable bonds is 2. The van der Waals surface area contributed by atoms with Crippen LogP contribution in [0, 0.1) is 6.92 Å². The molecule has 116 valence electrons. The molecule has 0 unspecified atom stereocenters. The standard InChI is InChI=1S/C16H16N6O/c1-11-9-18-12(10-17-11)16(23)21-8-4-5-13(21)15-20-19-14-6-2-3-7-22(14)15/h2-3,6-7,9-10,13H,4-5,8H2,1H3/t13-/m1/s1. The molecule has 7 nitrogen and oxygen atoms in total. The quantitative estimate of drug-likeness (QED) is 0.721. The van der Waals surface area contributed by atoms with Gasteiger partial charge in [0.1, 0.15) is 5.69 Å². The van der Waals surface area contributed by atoms with Crippen LogP contribution in [0.3, 0.4) is 0 Å². The Hall–Kier alpha value is -2.83. The number of carbonyl (C=O) groups excluding carboxylic acids is 1. The van der Waals surface area contributed by atoms with Gasteiger partial charge in [0.05, 0.1) is 17.9 Å². The molecule has 4 rings (SSSR count). The Morgan fingerprint density at radius 2 is 2.13 bits per heavy atom. The van der Waals surface area contributed by atoms with E-state index in [1.54, 1.807) is 6.20 Å². The van der Waals surface area contributed by atoms with Gasteiger partial charge in [-0.05, 0) is 31.9 Å². The fourth-order valence-corrected chi connectivity index (χ4v) is 3.02. The average molecular weight is 308 g/mol. The number of hydrogen-bond donors (Lipinski definition) is 0. The number of pyridine rings is 1. The number of nitrogens with zero attached hydrogens (tertiary/aromatic N) is 6. The van der Waals surface area contributed by atoms with E-state index in [1.807, 2.05) is 40.6 Å². The maximum Gasteiger partial charge on any atom is 0.274 e. The number of likely N-dealkylation sites (tertiary alicyclic amines) is 1. The van der Waals surface area contributed by atoms with Gasteiger partial charge >= 0.3 is 0 Å². The summed E-state index contributed by atoms with van der Waals surface area (Å²) in [5.74, 6) is 0.694. The SMILES string of the molecule is Cc1cnc(C(=O)N2CCC[C@@H]2c2nnc3ccccn23)cn1. The highest BCUT2D eigenvalue weighted by Crippen LogP contribution is 2.31. The molecular formula is C16H16N6O. The minimum absolute atomic E-state index is 0.0806. The molecule has 7 heteroatoms. The van der Waals surface area contributed by atoms with E-state index in [4.69, 9.17) is 0 Å². The van der Waals surface area contributed by atoms with Crippen LogP contribution in [0.5, 0.6) is 0 Å². The van der Waals surface area contributed by atoms with E-state index in [9.17, 15) is 4.79 Å². The van der Waals surface area contributed by atoms with E-state index < -0.39 is 0 Å². The van der Waals surface area contributed by atoms with Crippen molar-refractivity contribution in [1.29, 1.82) is 0 Å². The summed E-state index contributed by atoms with van der Waals surface area (Å²) < 4.78 is 1.94. The summed E-state index contributed by atoms with van der Waals surface area (Å²) in [6.45, 7) is 2.54. The lowest BCUT2D eigenvalue weighted by atomic mass is 10.2. The monoisotopic (exact) mass is 308 g/mol. The van der Waals surface area contributed by atoms with E-state index in [-0.39, 0.29) is 11.9 Å². The van der Waals surface area contributed by atoms with E-state index in [0.717, 1.165) is 30.0 Å². The number of aromatic nitrogens is 5. The van der Waals surface area contributed by atoms with Crippen LogP contribution in [-0.4, -0.2) is 41.9 Å². The van der Waals surface area contributed by atoms with Crippen LogP contribution in [-0.2, 0) is 0 Å². The van der Waals surface area contributed by atoms with Crippen molar-refractivity contribution in [3.8, 4) is 0 Å². The number of carbonyl (C=O) groups is 1. The summed E-state index contributed by atoms with van der Waals surface area (Å²) in [5.41, 5.74) is 1.95. The van der Waals surface area contributed by atoms with Gasteiger partial charge in [0.15, 0.2) is 11.5 Å². The normalized spacial score (nSPS) is 17.8. The zero-order chi connectivity index (χ0) is 15.8. The summed E-state index contributed by atoms with van der Waals surface area (Å²) in [6.07, 6.45) is 6.90. The van der Waals surface area contributed by atoms with Crippen LogP contribution in [0.4, 0.5) is 0 Å². The van der Waals surface area contributed by atoms with Gasteiger partial charge < -0.3 is 4.90 Å². The Bertz CT molecular complexity index is 856. The molecule has 1 saturated heterocycles. The molecule has 0 saturated carbocycles. The van der Waals surface area contributed by atoms with Gasteiger partial charge in [0, 0.05) is 18.9 Å². The van der Waals surface area contributed by atoms with Crippen LogP contribution >= 0.6 is 0 Å². The molecule has 1 aliphatic heterocycles. The van der Waals surface area contributed by atoms with Crippen LogP contribution in [0.25, 0.3) is 5.65 Å². The highest BCUT2D eigenvalue weighted by Gasteiger charge is 2.34. The summed E-state index contributed by atoms with van der Waals surface area (Å²) >= 11 is 0. The topological polar surface area (TPSA) is 76.3 Å². The van der Waals surface area contributed by atoms with Gasteiger partial charge in [-0.25, -0.2) is 4.98 Å². The van der Waals surface area contributed by atoms with Crippen molar-refractivity contribution in [1.82, 2.24) is 29.5 Å². The summed E-state index contributed by atoms with van der Waals surface area (Å²) in [6, 6.07) is 5.69. The second-order valence-electron chi connectivity index (χ2n) is 5.69. The zero-order valence-electron chi connectivity index (χ0n) is 12.8. The lowest BCUT2D eigenvalue weighted by Crippen LogP contribution is -2.32. The summed E-state index contributed by atoms with van der Waals surface area (Å²) in [7, 11) is 0. The van der Waals surface area contributed by atoms with Crippen molar-refractivity contribution >= 4 is 11.6 Å². The van der Waals surface area contributed by atoms with E-state index in [0.29, 0.717) is 12.2 Å². The molecule has 1 fully saturated rings. The number of fused-ring (bicyclic) bond motifs is 1. The van der Waals surface area contributed by atoms with Gasteiger partial charge in [0.2, 0.25) is 0 Å². The predicted octanol–water partition coefficient (Wildman–Crippen LogP) is 1.81. The molecule has 1 amide bonds. The summed E-state index contributed by atoms with van der Waals surface area (Å²) in [5, 5.41) is 8.49. The summed E-state index contributed by atoms with van der Waals surface area (Å²) in [4.78, 5) is 23.0. The van der Waals surface area contributed by atoms with Crippen molar-refractivity contribution in [2.24, 2.45) is 0 Å². The molecule has 23 heavy (non-hydrogen) atoms. The molecule has 0 spiro atoms. The number of hydrogen-bond acceptors (Lipinski definition) is 5. The van der Waals surface area contributed by atoms with Crippen LogP contribution in [0.2, 0.25) is 0 Å². The van der Waals surface area contributed by atoms with Crippen molar-refractivity contribution < 1.29 is 4.79 Å². The first-order valence-electron chi connectivity index (χ1n) is 7.63. The molecule has 0 radical (unpaired) electrons. The van der Waals surface area contributed by atoms with E-state index in [2.05, 4.69) is 20.2 Å².